The van der Waals surface area contributed by atoms with E-state index in [1.54, 1.807) is 75.6 Å². The van der Waals surface area contributed by atoms with Crippen LogP contribution in [0.15, 0.2) is 74.0 Å². The molecule has 0 saturated carbocycles. The summed E-state index contributed by atoms with van der Waals surface area (Å²) in [5, 5.41) is 1.01. The van der Waals surface area contributed by atoms with Crippen LogP contribution in [0, 0.1) is 0 Å². The average molecular weight is 599 g/mol. The average Bonchev–Trinajstić information content (AvgIpc) is 3.53. The molecule has 3 heterocycles. The van der Waals surface area contributed by atoms with Gasteiger partial charge in [-0.05, 0) is 56.3 Å². The van der Waals surface area contributed by atoms with E-state index in [0.29, 0.717) is 59.2 Å². The van der Waals surface area contributed by atoms with Crippen LogP contribution in [0.25, 0.3) is 17.4 Å². The van der Waals surface area contributed by atoms with Crippen LogP contribution in [0.4, 0.5) is 0 Å². The molecule has 8 nitrogen and oxygen atoms in total. The van der Waals surface area contributed by atoms with E-state index in [-0.39, 0.29) is 17.7 Å². The van der Waals surface area contributed by atoms with Crippen LogP contribution >= 0.6 is 34.5 Å². The lowest BCUT2D eigenvalue weighted by atomic mass is 9.95. The van der Waals surface area contributed by atoms with Gasteiger partial charge in [-0.1, -0.05) is 34.5 Å². The fourth-order valence-electron chi connectivity index (χ4n) is 4.52. The first-order valence-electron chi connectivity index (χ1n) is 12.2. The van der Waals surface area contributed by atoms with Gasteiger partial charge in [-0.2, -0.15) is 0 Å². The number of hydrogen-bond acceptors (Lipinski definition) is 8. The smallest absolute Gasteiger partial charge is 0.338 e. The maximum absolute atomic E-state index is 13.9. The van der Waals surface area contributed by atoms with Crippen LogP contribution in [0.2, 0.25) is 10.0 Å². The molecule has 1 unspecified atom stereocenters. The Morgan fingerprint density at radius 2 is 1.93 bits per heavy atom. The van der Waals surface area contributed by atoms with Gasteiger partial charge in [0.1, 0.15) is 29.1 Å². The zero-order chi connectivity index (χ0) is 28.6. The number of allylic oxidation sites excluding steroid dienone is 1. The number of esters is 1. The maximum Gasteiger partial charge on any atom is 0.338 e. The number of thiazole rings is 1. The molecule has 40 heavy (non-hydrogen) atoms. The second-order valence-corrected chi connectivity index (χ2v) is 10.6. The highest BCUT2D eigenvalue weighted by molar-refractivity contribution is 7.07. The Labute approximate surface area is 243 Å². The molecule has 0 N–H and O–H groups in total. The maximum atomic E-state index is 13.9. The van der Waals surface area contributed by atoms with Gasteiger partial charge in [-0.3, -0.25) is 9.36 Å². The van der Waals surface area contributed by atoms with Crippen molar-refractivity contribution in [1.29, 1.82) is 0 Å². The zero-order valence-corrected chi connectivity index (χ0v) is 24.3. The van der Waals surface area contributed by atoms with Crippen molar-refractivity contribution in [2.24, 2.45) is 4.99 Å². The van der Waals surface area contributed by atoms with E-state index < -0.39 is 12.0 Å². The Morgan fingerprint density at radius 1 is 1.12 bits per heavy atom. The molecule has 0 fully saturated rings. The summed E-state index contributed by atoms with van der Waals surface area (Å²) in [7, 11) is 3.06. The number of ether oxygens (including phenoxy) is 3. The van der Waals surface area contributed by atoms with Crippen molar-refractivity contribution < 1.29 is 23.4 Å². The number of carbonyl (C=O) groups is 1. The summed E-state index contributed by atoms with van der Waals surface area (Å²) in [4.78, 5) is 32.1. The van der Waals surface area contributed by atoms with Crippen molar-refractivity contribution in [3.63, 3.8) is 0 Å². The summed E-state index contributed by atoms with van der Waals surface area (Å²) in [5.41, 5.74) is 1.57. The summed E-state index contributed by atoms with van der Waals surface area (Å²) in [6, 6.07) is 13.0. The molecular weight excluding hydrogens is 575 g/mol. The van der Waals surface area contributed by atoms with Crippen molar-refractivity contribution in [1.82, 2.24) is 4.57 Å². The Kier molecular flexibility index (Phi) is 7.89. The second-order valence-electron chi connectivity index (χ2n) is 8.74. The summed E-state index contributed by atoms with van der Waals surface area (Å²) in [5.74, 6) is 1.41. The molecule has 11 heteroatoms. The predicted molar refractivity (Wildman–Crippen MR) is 154 cm³/mol. The highest BCUT2D eigenvalue weighted by Crippen LogP contribution is 2.38. The first-order chi connectivity index (χ1) is 19.2. The monoisotopic (exact) mass is 598 g/mol. The summed E-state index contributed by atoms with van der Waals surface area (Å²) in [6.07, 6.45) is 1.64. The van der Waals surface area contributed by atoms with Crippen LogP contribution in [0.1, 0.15) is 31.2 Å². The van der Waals surface area contributed by atoms with E-state index in [9.17, 15) is 9.59 Å². The Bertz CT molecular complexity index is 1840. The third-order valence-electron chi connectivity index (χ3n) is 6.35. The standard InChI is InChI=1S/C29H24Cl2N2O6S/c1-5-38-28(35)25-15(2)32-29-33(26(25)19-9-7-17(36-3)13-23(19)37-4)27(34)24(40-29)14-18-8-11-22(39-18)20-12-16(30)6-10-21(20)31/h6-14,26H,5H2,1-4H3/b24-14+. The van der Waals surface area contributed by atoms with E-state index in [1.165, 1.54) is 23.0 Å². The van der Waals surface area contributed by atoms with Gasteiger partial charge in [0, 0.05) is 28.3 Å². The molecule has 0 amide bonds. The molecule has 0 radical (unpaired) electrons. The number of aromatic nitrogens is 1. The highest BCUT2D eigenvalue weighted by Gasteiger charge is 2.35. The van der Waals surface area contributed by atoms with Crippen molar-refractivity contribution in [3.05, 3.63) is 101 Å². The first kappa shape index (κ1) is 27.8. The minimum absolute atomic E-state index is 0.171. The number of carbonyl (C=O) groups excluding carboxylic acids is 1. The van der Waals surface area contributed by atoms with Gasteiger partial charge in [-0.25, -0.2) is 9.79 Å². The zero-order valence-electron chi connectivity index (χ0n) is 22.0. The van der Waals surface area contributed by atoms with Gasteiger partial charge < -0.3 is 18.6 Å². The van der Waals surface area contributed by atoms with Gasteiger partial charge in [0.25, 0.3) is 5.56 Å². The van der Waals surface area contributed by atoms with Crippen LogP contribution in [0.5, 0.6) is 11.5 Å². The summed E-state index contributed by atoms with van der Waals surface area (Å²) in [6.45, 7) is 3.62. The van der Waals surface area contributed by atoms with E-state index in [4.69, 9.17) is 41.8 Å². The number of halogens is 2. The van der Waals surface area contributed by atoms with E-state index in [0.717, 1.165) is 0 Å². The number of methoxy groups -OCH3 is 2. The number of rotatable bonds is 7. The molecule has 4 aromatic rings. The normalized spacial score (nSPS) is 15.1. The SMILES string of the molecule is CCOC(=O)C1=C(C)N=c2s/c(=C/c3ccc(-c4cc(Cl)ccc4Cl)o3)c(=O)n2C1c1ccc(OC)cc1OC. The fraction of sp³-hybridized carbons (Fsp3) is 0.207. The largest absolute Gasteiger partial charge is 0.497 e. The number of furan rings is 1. The van der Waals surface area contributed by atoms with Crippen molar-refractivity contribution in [2.75, 3.05) is 20.8 Å². The Morgan fingerprint density at radius 3 is 2.65 bits per heavy atom. The molecule has 0 bridgehead atoms. The molecule has 1 atom stereocenters. The van der Waals surface area contributed by atoms with Gasteiger partial charge in [-0.15, -0.1) is 0 Å². The van der Waals surface area contributed by atoms with Gasteiger partial charge in [0.05, 0.1) is 41.7 Å². The lowest BCUT2D eigenvalue weighted by Crippen LogP contribution is -2.40. The molecule has 206 valence electrons. The lowest BCUT2D eigenvalue weighted by Gasteiger charge is -2.26. The van der Waals surface area contributed by atoms with Gasteiger partial charge in [0.15, 0.2) is 4.80 Å². The quantitative estimate of drug-likeness (QED) is 0.265. The number of nitrogens with zero attached hydrogens (tertiary/aromatic N) is 2. The molecule has 2 aromatic heterocycles. The minimum Gasteiger partial charge on any atom is -0.497 e. The van der Waals surface area contributed by atoms with Crippen LogP contribution in [0.3, 0.4) is 0 Å². The van der Waals surface area contributed by atoms with Crippen LogP contribution in [-0.4, -0.2) is 31.4 Å². The lowest BCUT2D eigenvalue weighted by molar-refractivity contribution is -0.139. The molecule has 2 aromatic carbocycles. The third kappa shape index (κ3) is 5.08. The van der Waals surface area contributed by atoms with Crippen molar-refractivity contribution in [3.8, 4) is 22.8 Å². The summed E-state index contributed by atoms with van der Waals surface area (Å²) >= 11 is 13.7. The first-order valence-corrected chi connectivity index (χ1v) is 13.8. The summed E-state index contributed by atoms with van der Waals surface area (Å²) < 4.78 is 24.2. The third-order valence-corrected chi connectivity index (χ3v) is 7.89. The van der Waals surface area contributed by atoms with Crippen molar-refractivity contribution >= 4 is 46.6 Å². The van der Waals surface area contributed by atoms with Crippen LogP contribution < -0.4 is 24.4 Å². The molecule has 0 saturated heterocycles. The topological polar surface area (TPSA) is 92.3 Å². The predicted octanol–water partition coefficient (Wildman–Crippen LogP) is 5.38. The molecule has 1 aliphatic rings. The Hall–Kier alpha value is -3.79. The number of benzene rings is 2. The molecule has 0 aliphatic carbocycles. The Balaban J connectivity index is 1.68. The van der Waals surface area contributed by atoms with E-state index >= 15 is 0 Å². The molecular formula is C29H24Cl2N2O6S. The van der Waals surface area contributed by atoms with Crippen LogP contribution in [-0.2, 0) is 9.53 Å². The molecule has 1 aliphatic heterocycles. The molecule has 0 spiro atoms. The highest BCUT2D eigenvalue weighted by atomic mass is 35.5. The van der Waals surface area contributed by atoms with Gasteiger partial charge >= 0.3 is 5.97 Å². The number of hydrogen-bond donors (Lipinski definition) is 0. The van der Waals surface area contributed by atoms with E-state index in [2.05, 4.69) is 4.99 Å². The minimum atomic E-state index is -0.837. The number of fused-ring (bicyclic) bond motifs is 1. The molecule has 5 rings (SSSR count). The van der Waals surface area contributed by atoms with Crippen molar-refractivity contribution in [2.45, 2.75) is 19.9 Å². The van der Waals surface area contributed by atoms with E-state index in [1.807, 2.05) is 0 Å². The second kappa shape index (κ2) is 11.4. The van der Waals surface area contributed by atoms with Gasteiger partial charge in [0.2, 0.25) is 0 Å². The fourth-order valence-corrected chi connectivity index (χ4v) is 5.93.